The van der Waals surface area contributed by atoms with Crippen molar-refractivity contribution in [3.63, 3.8) is 0 Å². The molecule has 5 rings (SSSR count). The Balaban J connectivity index is 1.50. The van der Waals surface area contributed by atoms with E-state index in [9.17, 15) is 28.8 Å². The SMILES string of the molecule is C=CC1CC1(NC(=O)C1CC(Oc2nc(-c3csc(C)n3)cc3cc(OCP(C)(C)=O)ccc23)CN1C(=O)C(NC(=O)OC(C)(C)C)C(C)C)C(=O)O. The van der Waals surface area contributed by atoms with Crippen molar-refractivity contribution in [3.8, 4) is 23.0 Å². The van der Waals surface area contributed by atoms with E-state index in [-0.39, 0.29) is 31.6 Å². The van der Waals surface area contributed by atoms with Crippen LogP contribution in [0.3, 0.4) is 0 Å². The second kappa shape index (κ2) is 15.1. The molecule has 0 spiro atoms. The highest BCUT2D eigenvalue weighted by Gasteiger charge is 2.61. The molecule has 0 bridgehead atoms. The lowest BCUT2D eigenvalue weighted by molar-refractivity contribution is -0.146. The van der Waals surface area contributed by atoms with Gasteiger partial charge in [-0.1, -0.05) is 19.9 Å². The van der Waals surface area contributed by atoms with Gasteiger partial charge in [-0.05, 0) is 83.0 Å². The molecule has 1 saturated heterocycles. The van der Waals surface area contributed by atoms with Gasteiger partial charge in [-0.15, -0.1) is 17.9 Å². The Morgan fingerprint density at radius 1 is 1.17 bits per heavy atom. The number of hydrogen-bond donors (Lipinski definition) is 3. The molecule has 1 aliphatic carbocycles. The monoisotopic (exact) mass is 769 g/mol. The molecular weight excluding hydrogens is 721 g/mol. The summed E-state index contributed by atoms with van der Waals surface area (Å²) in [6.07, 6.45) is 0.191. The van der Waals surface area contributed by atoms with Gasteiger partial charge in [0.15, 0.2) is 0 Å². The maximum Gasteiger partial charge on any atom is 0.408 e. The minimum Gasteiger partial charge on any atom is -0.486 e. The second-order valence-electron chi connectivity index (χ2n) is 15.5. The van der Waals surface area contributed by atoms with E-state index in [1.54, 1.807) is 66.1 Å². The number of likely N-dealkylation sites (tertiary alicyclic amines) is 1. The molecule has 3 aromatic rings. The smallest absolute Gasteiger partial charge is 0.408 e. The van der Waals surface area contributed by atoms with Gasteiger partial charge in [0.2, 0.25) is 17.7 Å². The van der Waals surface area contributed by atoms with Gasteiger partial charge in [-0.3, -0.25) is 9.59 Å². The summed E-state index contributed by atoms with van der Waals surface area (Å²) in [6, 6.07) is 4.96. The molecule has 286 valence electrons. The van der Waals surface area contributed by atoms with Crippen LogP contribution in [0.25, 0.3) is 22.2 Å². The first-order chi connectivity index (χ1) is 24.7. The van der Waals surface area contributed by atoms with E-state index in [1.165, 1.54) is 22.3 Å². The number of pyridine rings is 1. The molecule has 14 nitrogen and oxygen atoms in total. The zero-order valence-electron chi connectivity index (χ0n) is 31.3. The van der Waals surface area contributed by atoms with Crippen LogP contribution in [0.2, 0.25) is 0 Å². The van der Waals surface area contributed by atoms with Gasteiger partial charge in [-0.2, -0.15) is 0 Å². The van der Waals surface area contributed by atoms with Crippen LogP contribution in [-0.4, -0.2) is 99.4 Å². The van der Waals surface area contributed by atoms with Crippen LogP contribution in [0.1, 0.15) is 52.5 Å². The zero-order valence-corrected chi connectivity index (χ0v) is 33.0. The first-order valence-corrected chi connectivity index (χ1v) is 21.0. The van der Waals surface area contributed by atoms with E-state index < -0.39 is 72.2 Å². The van der Waals surface area contributed by atoms with Crippen molar-refractivity contribution in [3.05, 3.63) is 47.3 Å². The third-order valence-corrected chi connectivity index (χ3v) is 10.5. The molecule has 2 aromatic heterocycles. The number of nitrogens with zero attached hydrogens (tertiary/aromatic N) is 3. The number of aliphatic carboxylic acids is 1. The fourth-order valence-corrected chi connectivity index (χ4v) is 7.27. The molecule has 53 heavy (non-hydrogen) atoms. The number of rotatable bonds is 13. The van der Waals surface area contributed by atoms with Crippen molar-refractivity contribution in [1.82, 2.24) is 25.5 Å². The predicted octanol–water partition coefficient (Wildman–Crippen LogP) is 5.67. The molecule has 3 N–H and O–H groups in total. The summed E-state index contributed by atoms with van der Waals surface area (Å²) in [5, 5.41) is 19.4. The van der Waals surface area contributed by atoms with Crippen LogP contribution in [-0.2, 0) is 23.7 Å². The Hall–Kier alpha value is -4.49. The van der Waals surface area contributed by atoms with E-state index >= 15 is 0 Å². The van der Waals surface area contributed by atoms with E-state index in [4.69, 9.17) is 19.2 Å². The molecule has 1 saturated carbocycles. The molecule has 1 aromatic carbocycles. The molecule has 2 fully saturated rings. The molecule has 1 aliphatic heterocycles. The van der Waals surface area contributed by atoms with Gasteiger partial charge in [0, 0.05) is 23.1 Å². The van der Waals surface area contributed by atoms with Gasteiger partial charge in [0.05, 0.1) is 22.9 Å². The van der Waals surface area contributed by atoms with Crippen molar-refractivity contribution in [2.75, 3.05) is 26.2 Å². The quantitative estimate of drug-likeness (QED) is 0.144. The van der Waals surface area contributed by atoms with Crippen molar-refractivity contribution in [2.24, 2.45) is 11.8 Å². The number of aryl methyl sites for hydroxylation is 1. The minimum absolute atomic E-state index is 0.00989. The molecule has 3 amide bonds. The van der Waals surface area contributed by atoms with Crippen LogP contribution in [0.4, 0.5) is 4.79 Å². The maximum absolute atomic E-state index is 14.3. The molecular formula is C37H48N5O9PS. The summed E-state index contributed by atoms with van der Waals surface area (Å²) in [5.74, 6) is -2.53. The van der Waals surface area contributed by atoms with Crippen LogP contribution in [0.15, 0.2) is 42.3 Å². The van der Waals surface area contributed by atoms with Crippen LogP contribution < -0.4 is 20.1 Å². The Bertz CT molecular complexity index is 1970. The highest BCUT2D eigenvalue weighted by atomic mass is 32.1. The number of carboxylic acid groups (broad SMARTS) is 1. The Morgan fingerprint density at radius 3 is 2.45 bits per heavy atom. The highest BCUT2D eigenvalue weighted by molar-refractivity contribution is 7.62. The maximum atomic E-state index is 14.3. The van der Waals surface area contributed by atoms with Crippen LogP contribution in [0.5, 0.6) is 11.6 Å². The first kappa shape index (κ1) is 39.7. The largest absolute Gasteiger partial charge is 0.486 e. The number of carbonyl (C=O) groups is 4. The van der Waals surface area contributed by atoms with Gasteiger partial charge >= 0.3 is 12.1 Å². The van der Waals surface area contributed by atoms with E-state index in [0.717, 1.165) is 5.01 Å². The normalized spacial score (nSPS) is 21.9. The van der Waals surface area contributed by atoms with E-state index in [2.05, 4.69) is 22.2 Å². The number of carbonyl (C=O) groups excluding carboxylic acids is 3. The number of nitrogens with one attached hydrogen (secondary N) is 2. The van der Waals surface area contributed by atoms with Crippen LogP contribution >= 0.6 is 18.5 Å². The summed E-state index contributed by atoms with van der Waals surface area (Å²) in [6.45, 7) is 17.5. The first-order valence-electron chi connectivity index (χ1n) is 17.4. The molecule has 2 aliphatic rings. The van der Waals surface area contributed by atoms with Gasteiger partial charge in [0.25, 0.3) is 0 Å². The Morgan fingerprint density at radius 2 is 1.89 bits per heavy atom. The number of aromatic nitrogens is 2. The standard InChI is InChI=1S/C37H48N5O9PS/c1-10-23-16-37(23,34(45)46)41-31(43)29-15-25(17-42(29)33(44)30(20(2)3)40-35(47)51-36(5,6)7)50-32-26-12-11-24(49-19-52(8,9)48)13-22(26)14-27(39-32)28-18-53-21(4)38-28/h10-14,18,20,23,25,29-30H,1,15-17,19H2,2-9H3,(H,40,47)(H,41,43)(H,45,46). The minimum atomic E-state index is -2.46. The van der Waals surface area contributed by atoms with E-state index in [0.29, 0.717) is 27.9 Å². The summed E-state index contributed by atoms with van der Waals surface area (Å²) < 4.78 is 30.2. The lowest BCUT2D eigenvalue weighted by Crippen LogP contribution is -2.57. The van der Waals surface area contributed by atoms with E-state index in [1.807, 2.05) is 18.4 Å². The third-order valence-electron chi connectivity index (χ3n) is 8.95. The number of fused-ring (bicyclic) bond motifs is 1. The molecule has 3 heterocycles. The lowest BCUT2D eigenvalue weighted by Gasteiger charge is -2.31. The summed E-state index contributed by atoms with van der Waals surface area (Å²) >= 11 is 1.47. The van der Waals surface area contributed by atoms with Crippen LogP contribution in [0, 0.1) is 18.8 Å². The number of ether oxygens (including phenoxy) is 3. The molecule has 5 unspecified atom stereocenters. The number of hydrogen-bond acceptors (Lipinski definition) is 11. The Kier molecular flexibility index (Phi) is 11.3. The van der Waals surface area contributed by atoms with Gasteiger partial charge < -0.3 is 39.4 Å². The average Bonchev–Trinajstić information content (AvgIpc) is 3.34. The fraction of sp³-hybridized carbons (Fsp3) is 0.514. The van der Waals surface area contributed by atoms with Gasteiger partial charge in [-0.25, -0.2) is 19.6 Å². The van der Waals surface area contributed by atoms with Gasteiger partial charge in [0.1, 0.15) is 48.6 Å². The number of alkyl carbamates (subject to hydrolysis) is 1. The number of benzene rings is 1. The predicted molar refractivity (Wildman–Crippen MR) is 202 cm³/mol. The zero-order chi connectivity index (χ0) is 39.0. The second-order valence-corrected chi connectivity index (χ2v) is 19.9. The average molecular weight is 770 g/mol. The number of amides is 3. The Labute approximate surface area is 313 Å². The van der Waals surface area contributed by atoms with Crippen molar-refractivity contribution >= 4 is 53.1 Å². The number of thiazole rings is 1. The third kappa shape index (κ3) is 9.36. The lowest BCUT2D eigenvalue weighted by atomic mass is 10.0. The fourth-order valence-electron chi connectivity index (χ4n) is 6.20. The number of carboxylic acids is 1. The topological polar surface area (TPSA) is 186 Å². The summed E-state index contributed by atoms with van der Waals surface area (Å²) in [7, 11) is -2.46. The van der Waals surface area contributed by atoms with Crippen molar-refractivity contribution < 1.29 is 43.1 Å². The summed E-state index contributed by atoms with van der Waals surface area (Å²) in [5.41, 5.74) is -1.19. The highest BCUT2D eigenvalue weighted by Crippen LogP contribution is 2.45. The summed E-state index contributed by atoms with van der Waals surface area (Å²) in [4.78, 5) is 64.1. The molecule has 16 heteroatoms. The molecule has 5 atom stereocenters. The molecule has 0 radical (unpaired) electrons. The van der Waals surface area contributed by atoms with Crippen molar-refractivity contribution in [1.29, 1.82) is 0 Å². The van der Waals surface area contributed by atoms with Crippen molar-refractivity contribution in [2.45, 2.75) is 83.7 Å².